The molecule has 1 atom stereocenters. The molecule has 466 valence electrons. The molecular formula is C76H126O6. The van der Waals surface area contributed by atoms with Gasteiger partial charge in [-0.15, -0.1) is 0 Å². The topological polar surface area (TPSA) is 78.9 Å². The predicted molar refractivity (Wildman–Crippen MR) is 357 cm³/mol. The van der Waals surface area contributed by atoms with Crippen LogP contribution in [0.15, 0.2) is 134 Å². The molecule has 0 saturated carbocycles. The van der Waals surface area contributed by atoms with Crippen molar-refractivity contribution in [2.75, 3.05) is 13.2 Å². The highest BCUT2D eigenvalue weighted by atomic mass is 16.6. The van der Waals surface area contributed by atoms with Crippen molar-refractivity contribution < 1.29 is 28.6 Å². The van der Waals surface area contributed by atoms with Gasteiger partial charge in [0.05, 0.1) is 0 Å². The maximum atomic E-state index is 12.9. The van der Waals surface area contributed by atoms with Crippen molar-refractivity contribution in [3.05, 3.63) is 134 Å². The third-order valence-corrected chi connectivity index (χ3v) is 14.4. The Kier molecular flexibility index (Phi) is 65.3. The number of hydrogen-bond donors (Lipinski definition) is 0. The summed E-state index contributed by atoms with van der Waals surface area (Å²) in [5.74, 6) is -0.909. The number of allylic oxidation sites excluding steroid dienone is 22. The van der Waals surface area contributed by atoms with Gasteiger partial charge in [-0.1, -0.05) is 283 Å². The molecule has 0 saturated heterocycles. The molecule has 6 nitrogen and oxygen atoms in total. The van der Waals surface area contributed by atoms with Crippen LogP contribution in [0, 0.1) is 0 Å². The first kappa shape index (κ1) is 77.5. The molecule has 1 unspecified atom stereocenters. The number of carbonyl (C=O) groups is 3. The molecular weight excluding hydrogens is 1010 g/mol. The minimum atomic E-state index is -0.794. The van der Waals surface area contributed by atoms with Gasteiger partial charge in [0.15, 0.2) is 6.10 Å². The van der Waals surface area contributed by atoms with Crippen LogP contribution in [0.25, 0.3) is 0 Å². The lowest BCUT2D eigenvalue weighted by molar-refractivity contribution is -0.167. The third-order valence-electron chi connectivity index (χ3n) is 14.4. The summed E-state index contributed by atoms with van der Waals surface area (Å²) in [6, 6.07) is 0. The second-order valence-corrected chi connectivity index (χ2v) is 22.3. The molecule has 0 spiro atoms. The van der Waals surface area contributed by atoms with Gasteiger partial charge in [-0.05, 0) is 141 Å². The second kappa shape index (κ2) is 69.0. The lowest BCUT2D eigenvalue weighted by Crippen LogP contribution is -2.30. The summed E-state index contributed by atoms with van der Waals surface area (Å²) in [7, 11) is 0. The molecule has 0 aliphatic carbocycles. The van der Waals surface area contributed by atoms with Crippen molar-refractivity contribution in [1.29, 1.82) is 0 Å². The van der Waals surface area contributed by atoms with E-state index in [4.69, 9.17) is 14.2 Å². The molecule has 0 amide bonds. The molecule has 6 heteroatoms. The highest BCUT2D eigenvalue weighted by molar-refractivity contribution is 5.71. The molecule has 0 aliphatic rings. The number of hydrogen-bond acceptors (Lipinski definition) is 6. The van der Waals surface area contributed by atoms with Gasteiger partial charge in [0.25, 0.3) is 0 Å². The van der Waals surface area contributed by atoms with Crippen LogP contribution in [0.2, 0.25) is 0 Å². The standard InChI is InChI=1S/C76H126O6/c1-4-7-10-13-16-19-22-25-27-29-31-32-33-34-35-36-37-38-39-40-41-42-43-44-45-47-48-51-54-57-60-63-66-69-75(78)81-72-73(71-80-74(77)68-65-62-59-56-53-50-24-21-18-15-12-9-6-3)82-76(79)70-67-64-61-58-55-52-49-46-30-28-26-23-20-17-14-11-8-5-2/h7,10,16,19-21,23-25,27-28,30-32,34-35,37-38,40-41,43-44,73H,4-6,8-9,11-15,17-18,22,26,29,33,36,39,42,45-72H2,1-3H3/b10-7-,19-16-,23-20-,24-21-,27-25-,30-28-,32-31-,35-34-,38-37-,41-40-,44-43-. The van der Waals surface area contributed by atoms with E-state index in [2.05, 4.69) is 154 Å². The van der Waals surface area contributed by atoms with Crippen LogP contribution in [0.5, 0.6) is 0 Å². The Morgan fingerprint density at radius 2 is 0.476 bits per heavy atom. The monoisotopic (exact) mass is 1130 g/mol. The van der Waals surface area contributed by atoms with Crippen LogP contribution in [-0.2, 0) is 28.6 Å². The lowest BCUT2D eigenvalue weighted by atomic mass is 10.1. The van der Waals surface area contributed by atoms with Crippen molar-refractivity contribution in [2.24, 2.45) is 0 Å². The molecule has 0 bridgehead atoms. The number of rotatable bonds is 61. The first-order chi connectivity index (χ1) is 40.5. The van der Waals surface area contributed by atoms with Crippen molar-refractivity contribution >= 4 is 17.9 Å². The molecule has 0 radical (unpaired) electrons. The molecule has 0 heterocycles. The third kappa shape index (κ3) is 66.4. The largest absolute Gasteiger partial charge is 0.462 e. The normalized spacial score (nSPS) is 13.0. The number of unbranched alkanes of at least 4 members (excludes halogenated alkanes) is 28. The van der Waals surface area contributed by atoms with Gasteiger partial charge >= 0.3 is 17.9 Å². The molecule has 0 fully saturated rings. The van der Waals surface area contributed by atoms with Crippen molar-refractivity contribution in [1.82, 2.24) is 0 Å². The van der Waals surface area contributed by atoms with Crippen LogP contribution < -0.4 is 0 Å². The summed E-state index contributed by atoms with van der Waals surface area (Å²) >= 11 is 0. The highest BCUT2D eigenvalue weighted by Crippen LogP contribution is 2.15. The molecule has 0 aliphatic heterocycles. The maximum absolute atomic E-state index is 12.9. The average molecular weight is 1140 g/mol. The van der Waals surface area contributed by atoms with Gasteiger partial charge in [-0.3, -0.25) is 14.4 Å². The quantitative estimate of drug-likeness (QED) is 0.0261. The SMILES string of the molecule is CC/C=C\C/C=C\C/C=C\C/C=C\C/C=C\C/C=C\C/C=C\C/C=C\CCCCCCCCCCC(=O)OCC(COC(=O)CCCCCCC/C=C\CCCCCC)OC(=O)CCCCCCCCC/C=C\C/C=C\CCCCCC. The minimum absolute atomic E-state index is 0.0897. The minimum Gasteiger partial charge on any atom is -0.462 e. The summed E-state index contributed by atoms with van der Waals surface area (Å²) in [5, 5.41) is 0. The van der Waals surface area contributed by atoms with Crippen molar-refractivity contribution in [2.45, 2.75) is 316 Å². The number of ether oxygens (including phenoxy) is 3. The Balaban J connectivity index is 4.31. The first-order valence-electron chi connectivity index (χ1n) is 34.2. The Morgan fingerprint density at radius 3 is 0.756 bits per heavy atom. The summed E-state index contributed by atoms with van der Waals surface area (Å²) in [5.41, 5.74) is 0. The van der Waals surface area contributed by atoms with Gasteiger partial charge in [0.1, 0.15) is 13.2 Å². The number of carbonyl (C=O) groups excluding carboxylic acids is 3. The van der Waals surface area contributed by atoms with E-state index < -0.39 is 6.10 Å². The Bertz CT molecular complexity index is 1730. The van der Waals surface area contributed by atoms with E-state index in [1.807, 2.05) is 0 Å². The summed E-state index contributed by atoms with van der Waals surface area (Å²) in [6.45, 7) is 6.49. The summed E-state index contributed by atoms with van der Waals surface area (Å²) in [6.07, 6.45) is 97.5. The zero-order valence-electron chi connectivity index (χ0n) is 53.5. The fourth-order valence-corrected chi connectivity index (χ4v) is 9.25. The fraction of sp³-hybridized carbons (Fsp3) is 0.671. The van der Waals surface area contributed by atoms with Crippen LogP contribution in [0.4, 0.5) is 0 Å². The number of esters is 3. The van der Waals surface area contributed by atoms with E-state index in [0.717, 1.165) is 135 Å². The molecule has 0 aromatic heterocycles. The first-order valence-corrected chi connectivity index (χ1v) is 34.2. The van der Waals surface area contributed by atoms with Gasteiger partial charge in [0, 0.05) is 19.3 Å². The van der Waals surface area contributed by atoms with E-state index in [9.17, 15) is 14.4 Å². The Labute approximate surface area is 506 Å². The van der Waals surface area contributed by atoms with Gasteiger partial charge in [-0.25, -0.2) is 0 Å². The van der Waals surface area contributed by atoms with Crippen LogP contribution in [0.3, 0.4) is 0 Å². The van der Waals surface area contributed by atoms with Gasteiger partial charge in [-0.2, -0.15) is 0 Å². The van der Waals surface area contributed by atoms with E-state index in [1.54, 1.807) is 0 Å². The van der Waals surface area contributed by atoms with E-state index in [1.165, 1.54) is 135 Å². The van der Waals surface area contributed by atoms with Crippen LogP contribution in [0.1, 0.15) is 310 Å². The van der Waals surface area contributed by atoms with Crippen LogP contribution >= 0.6 is 0 Å². The molecule has 0 N–H and O–H groups in total. The van der Waals surface area contributed by atoms with Crippen LogP contribution in [-0.4, -0.2) is 37.2 Å². The molecule has 0 aromatic rings. The van der Waals surface area contributed by atoms with E-state index >= 15 is 0 Å². The Morgan fingerprint density at radius 1 is 0.256 bits per heavy atom. The fourth-order valence-electron chi connectivity index (χ4n) is 9.25. The zero-order chi connectivity index (χ0) is 59.2. The van der Waals surface area contributed by atoms with Gasteiger partial charge in [0.2, 0.25) is 0 Å². The molecule has 0 rings (SSSR count). The molecule has 0 aromatic carbocycles. The molecule has 82 heavy (non-hydrogen) atoms. The Hall–Kier alpha value is -4.45. The smallest absolute Gasteiger partial charge is 0.306 e. The predicted octanol–water partition coefficient (Wildman–Crippen LogP) is 23.7. The summed E-state index contributed by atoms with van der Waals surface area (Å²) in [4.78, 5) is 38.4. The summed E-state index contributed by atoms with van der Waals surface area (Å²) < 4.78 is 16.9. The zero-order valence-corrected chi connectivity index (χ0v) is 53.5. The maximum Gasteiger partial charge on any atom is 0.306 e. The van der Waals surface area contributed by atoms with Gasteiger partial charge < -0.3 is 14.2 Å². The lowest BCUT2D eigenvalue weighted by Gasteiger charge is -2.18. The van der Waals surface area contributed by atoms with Crippen molar-refractivity contribution in [3.8, 4) is 0 Å². The van der Waals surface area contributed by atoms with E-state index in [-0.39, 0.29) is 31.1 Å². The van der Waals surface area contributed by atoms with Crippen molar-refractivity contribution in [3.63, 3.8) is 0 Å². The average Bonchev–Trinajstić information content (AvgIpc) is 3.47. The van der Waals surface area contributed by atoms with E-state index in [0.29, 0.717) is 19.3 Å². The second-order valence-electron chi connectivity index (χ2n) is 22.3. The highest BCUT2D eigenvalue weighted by Gasteiger charge is 2.19.